The number of thiazole rings is 1. The monoisotopic (exact) mass is 243 g/mol. The van der Waals surface area contributed by atoms with E-state index in [9.17, 15) is 4.79 Å². The summed E-state index contributed by atoms with van der Waals surface area (Å²) in [5.41, 5.74) is 0. The van der Waals surface area contributed by atoms with Gasteiger partial charge in [0.05, 0.1) is 6.42 Å². The molecule has 0 saturated carbocycles. The molecule has 90 valence electrons. The second-order valence-electron chi connectivity index (χ2n) is 3.75. The van der Waals surface area contributed by atoms with Crippen LogP contribution in [-0.2, 0) is 4.79 Å². The first-order valence-corrected chi connectivity index (χ1v) is 5.98. The van der Waals surface area contributed by atoms with Gasteiger partial charge in [0.2, 0.25) is 0 Å². The van der Waals surface area contributed by atoms with E-state index in [2.05, 4.69) is 9.88 Å². The number of nitrogens with zero attached hydrogens (tertiary/aromatic N) is 3. The van der Waals surface area contributed by atoms with Gasteiger partial charge in [-0.2, -0.15) is 0 Å². The summed E-state index contributed by atoms with van der Waals surface area (Å²) in [7, 11) is 3.99. The van der Waals surface area contributed by atoms with Crippen LogP contribution in [0.5, 0.6) is 0 Å². The van der Waals surface area contributed by atoms with Crippen molar-refractivity contribution in [3.63, 3.8) is 0 Å². The van der Waals surface area contributed by atoms with Crippen LogP contribution in [0.4, 0.5) is 5.13 Å². The summed E-state index contributed by atoms with van der Waals surface area (Å²) in [4.78, 5) is 18.8. The third-order valence-electron chi connectivity index (χ3n) is 2.10. The van der Waals surface area contributed by atoms with Gasteiger partial charge in [-0.3, -0.25) is 4.79 Å². The number of hydrogen-bond donors (Lipinski definition) is 1. The highest BCUT2D eigenvalue weighted by atomic mass is 32.1. The number of anilines is 1. The fourth-order valence-electron chi connectivity index (χ4n) is 1.23. The molecule has 0 amide bonds. The maximum absolute atomic E-state index is 10.6. The topological polar surface area (TPSA) is 56.7 Å². The summed E-state index contributed by atoms with van der Waals surface area (Å²) in [6.45, 7) is 2.20. The van der Waals surface area contributed by atoms with E-state index < -0.39 is 5.97 Å². The number of carboxylic acid groups (broad SMARTS) is 1. The summed E-state index contributed by atoms with van der Waals surface area (Å²) >= 11 is 1.54. The molecule has 5 nitrogen and oxygen atoms in total. The quantitative estimate of drug-likeness (QED) is 0.774. The Morgan fingerprint density at radius 1 is 1.44 bits per heavy atom. The van der Waals surface area contributed by atoms with Crippen molar-refractivity contribution in [2.24, 2.45) is 0 Å². The van der Waals surface area contributed by atoms with Crippen molar-refractivity contribution in [3.8, 4) is 0 Å². The van der Waals surface area contributed by atoms with Gasteiger partial charge in [0.1, 0.15) is 0 Å². The first-order valence-electron chi connectivity index (χ1n) is 5.10. The highest BCUT2D eigenvalue weighted by Crippen LogP contribution is 2.17. The number of aromatic nitrogens is 1. The molecule has 0 aliphatic heterocycles. The van der Waals surface area contributed by atoms with Crippen LogP contribution >= 0.6 is 11.3 Å². The molecular formula is C10H17N3O2S. The smallest absolute Gasteiger partial charge is 0.305 e. The SMILES string of the molecule is CN(C)CCN(CCC(=O)O)c1nccs1. The lowest BCUT2D eigenvalue weighted by molar-refractivity contribution is -0.136. The van der Waals surface area contributed by atoms with Crippen LogP contribution in [0, 0.1) is 0 Å². The van der Waals surface area contributed by atoms with Crippen LogP contribution in [0.2, 0.25) is 0 Å². The van der Waals surface area contributed by atoms with Gasteiger partial charge in [-0.1, -0.05) is 0 Å². The molecule has 1 aromatic rings. The fourth-order valence-corrected chi connectivity index (χ4v) is 1.92. The van der Waals surface area contributed by atoms with E-state index in [1.165, 1.54) is 11.3 Å². The molecule has 6 heteroatoms. The molecule has 0 aliphatic rings. The van der Waals surface area contributed by atoms with Crippen LogP contribution in [-0.4, -0.2) is 54.7 Å². The molecule has 0 saturated heterocycles. The van der Waals surface area contributed by atoms with Crippen molar-refractivity contribution in [2.75, 3.05) is 38.6 Å². The maximum atomic E-state index is 10.6. The van der Waals surface area contributed by atoms with Gasteiger partial charge in [-0.05, 0) is 14.1 Å². The minimum Gasteiger partial charge on any atom is -0.481 e. The molecule has 1 heterocycles. The maximum Gasteiger partial charge on any atom is 0.305 e. The van der Waals surface area contributed by atoms with E-state index in [1.807, 2.05) is 24.4 Å². The van der Waals surface area contributed by atoms with Gasteiger partial charge < -0.3 is 14.9 Å². The predicted molar refractivity (Wildman–Crippen MR) is 65.1 cm³/mol. The normalized spacial score (nSPS) is 10.7. The van der Waals surface area contributed by atoms with Crippen molar-refractivity contribution in [1.29, 1.82) is 0 Å². The Labute approximate surface area is 99.3 Å². The van der Waals surface area contributed by atoms with Crippen molar-refractivity contribution in [1.82, 2.24) is 9.88 Å². The second-order valence-corrected chi connectivity index (χ2v) is 4.62. The standard InChI is InChI=1S/C10H17N3O2S/c1-12(2)6-7-13(5-3-9(14)15)10-11-4-8-16-10/h4,8H,3,5-7H2,1-2H3,(H,14,15). The minimum absolute atomic E-state index is 0.146. The fraction of sp³-hybridized carbons (Fsp3) is 0.600. The Hall–Kier alpha value is -1.14. The zero-order valence-electron chi connectivity index (χ0n) is 9.59. The van der Waals surface area contributed by atoms with Crippen molar-refractivity contribution in [3.05, 3.63) is 11.6 Å². The van der Waals surface area contributed by atoms with Gasteiger partial charge in [0.15, 0.2) is 5.13 Å². The summed E-state index contributed by atoms with van der Waals surface area (Å²) in [6, 6.07) is 0. The molecule has 1 rings (SSSR count). The lowest BCUT2D eigenvalue weighted by Gasteiger charge is -2.22. The first-order chi connectivity index (χ1) is 7.59. The molecule has 0 radical (unpaired) electrons. The first kappa shape index (κ1) is 12.9. The van der Waals surface area contributed by atoms with Crippen LogP contribution in [0.15, 0.2) is 11.6 Å². The van der Waals surface area contributed by atoms with Crippen LogP contribution < -0.4 is 4.90 Å². The molecule has 1 aromatic heterocycles. The summed E-state index contributed by atoms with van der Waals surface area (Å²) in [6.07, 6.45) is 1.89. The van der Waals surface area contributed by atoms with Gasteiger partial charge in [0, 0.05) is 31.2 Å². The van der Waals surface area contributed by atoms with Crippen molar-refractivity contribution >= 4 is 22.4 Å². The molecule has 1 N–H and O–H groups in total. The lowest BCUT2D eigenvalue weighted by Crippen LogP contribution is -2.33. The molecule has 0 aliphatic carbocycles. The van der Waals surface area contributed by atoms with Crippen LogP contribution in [0.25, 0.3) is 0 Å². The summed E-state index contributed by atoms with van der Waals surface area (Å²) in [5, 5.41) is 11.5. The van der Waals surface area contributed by atoms with E-state index in [1.54, 1.807) is 6.20 Å². The van der Waals surface area contributed by atoms with Gasteiger partial charge >= 0.3 is 5.97 Å². The zero-order chi connectivity index (χ0) is 12.0. The van der Waals surface area contributed by atoms with Crippen LogP contribution in [0.3, 0.4) is 0 Å². The molecule has 0 unspecified atom stereocenters. The Balaban J connectivity index is 2.51. The highest BCUT2D eigenvalue weighted by Gasteiger charge is 2.10. The molecule has 0 bridgehead atoms. The number of hydrogen-bond acceptors (Lipinski definition) is 5. The Morgan fingerprint density at radius 3 is 2.69 bits per heavy atom. The van der Waals surface area contributed by atoms with Crippen molar-refractivity contribution in [2.45, 2.75) is 6.42 Å². The van der Waals surface area contributed by atoms with E-state index in [-0.39, 0.29) is 6.42 Å². The number of aliphatic carboxylic acids is 1. The van der Waals surface area contributed by atoms with Crippen molar-refractivity contribution < 1.29 is 9.90 Å². The average molecular weight is 243 g/mol. The van der Waals surface area contributed by atoms with Gasteiger partial charge in [-0.15, -0.1) is 11.3 Å². The number of likely N-dealkylation sites (N-methyl/N-ethyl adjacent to an activating group) is 1. The van der Waals surface area contributed by atoms with E-state index in [4.69, 9.17) is 5.11 Å². The lowest BCUT2D eigenvalue weighted by atomic mass is 10.4. The van der Waals surface area contributed by atoms with E-state index in [0.29, 0.717) is 6.54 Å². The molecule has 16 heavy (non-hydrogen) atoms. The average Bonchev–Trinajstić information content (AvgIpc) is 2.70. The highest BCUT2D eigenvalue weighted by molar-refractivity contribution is 7.13. The molecular weight excluding hydrogens is 226 g/mol. The third-order valence-corrected chi connectivity index (χ3v) is 2.93. The number of carboxylic acids is 1. The Kier molecular flexibility index (Phi) is 5.21. The van der Waals surface area contributed by atoms with Crippen LogP contribution in [0.1, 0.15) is 6.42 Å². The molecule has 0 spiro atoms. The van der Waals surface area contributed by atoms with Gasteiger partial charge in [0.25, 0.3) is 0 Å². The van der Waals surface area contributed by atoms with E-state index >= 15 is 0 Å². The Bertz CT molecular complexity index is 314. The van der Waals surface area contributed by atoms with Gasteiger partial charge in [-0.25, -0.2) is 4.98 Å². The van der Waals surface area contributed by atoms with E-state index in [0.717, 1.165) is 18.2 Å². The molecule has 0 atom stereocenters. The Morgan fingerprint density at radius 2 is 2.19 bits per heavy atom. The zero-order valence-corrected chi connectivity index (χ0v) is 10.4. The number of rotatable bonds is 7. The predicted octanol–water partition coefficient (Wildman–Crippen LogP) is 0.986. The number of carbonyl (C=O) groups is 1. The second kappa shape index (κ2) is 6.44. The summed E-state index contributed by atoms with van der Waals surface area (Å²) in [5.74, 6) is -0.772. The minimum atomic E-state index is -0.772. The molecule has 0 fully saturated rings. The molecule has 0 aromatic carbocycles. The third kappa shape index (κ3) is 4.59. The summed E-state index contributed by atoms with van der Waals surface area (Å²) < 4.78 is 0. The largest absolute Gasteiger partial charge is 0.481 e.